The van der Waals surface area contributed by atoms with Gasteiger partial charge < -0.3 is 4.90 Å². The van der Waals surface area contributed by atoms with E-state index in [1.165, 1.54) is 6.08 Å². The second-order valence-electron chi connectivity index (χ2n) is 6.89. The number of amides is 1. The van der Waals surface area contributed by atoms with E-state index in [0.29, 0.717) is 42.8 Å². The average Bonchev–Trinajstić information content (AvgIpc) is 2.77. The lowest BCUT2D eigenvalue weighted by atomic mass is 10.0. The lowest BCUT2D eigenvalue weighted by molar-refractivity contribution is -0.120. The van der Waals surface area contributed by atoms with Crippen molar-refractivity contribution in [3.05, 3.63) is 77.6 Å². The number of fused-ring (bicyclic) bond motifs is 1. The molecular formula is C23H19N3O3. The molecule has 144 valence electrons. The zero-order valence-electron chi connectivity index (χ0n) is 15.7. The fourth-order valence-electron chi connectivity index (χ4n) is 3.23. The summed E-state index contributed by atoms with van der Waals surface area (Å²) in [5.41, 5.74) is 3.17. The fraction of sp³-hybridized carbons (Fsp3) is 0.174. The number of Topliss-reactive ketones (excluding diaryl/α,β-unsaturated/α-hetero) is 1. The molecule has 1 amide bonds. The van der Waals surface area contributed by atoms with Gasteiger partial charge in [0.05, 0.1) is 22.9 Å². The van der Waals surface area contributed by atoms with Gasteiger partial charge in [-0.3, -0.25) is 19.4 Å². The van der Waals surface area contributed by atoms with Gasteiger partial charge in [0.1, 0.15) is 5.78 Å². The molecule has 0 bridgehead atoms. The molecule has 0 unspecified atom stereocenters. The highest BCUT2D eigenvalue weighted by molar-refractivity contribution is 6.07. The molecule has 1 aliphatic heterocycles. The maximum Gasteiger partial charge on any atom is 0.253 e. The number of likely N-dealkylation sites (tertiary alicyclic amines) is 1. The molecule has 0 radical (unpaired) electrons. The molecule has 2 heterocycles. The number of para-hydroxylation sites is 2. The molecule has 6 nitrogen and oxygen atoms in total. The Morgan fingerprint density at radius 3 is 2.28 bits per heavy atom. The quantitative estimate of drug-likeness (QED) is 0.508. The summed E-state index contributed by atoms with van der Waals surface area (Å²) in [6.07, 6.45) is 5.52. The topological polar surface area (TPSA) is 80.2 Å². The SMILES string of the molecule is O=C1CCN(C(=O)c2ccc(C(=O)/C=C/c3cnc4ccccc4n3)cc2)CC1. The van der Waals surface area contributed by atoms with E-state index in [9.17, 15) is 14.4 Å². The number of ketones is 2. The van der Waals surface area contributed by atoms with E-state index in [1.54, 1.807) is 41.4 Å². The number of hydrogen-bond donors (Lipinski definition) is 0. The monoisotopic (exact) mass is 385 g/mol. The number of nitrogens with zero attached hydrogens (tertiary/aromatic N) is 3. The van der Waals surface area contributed by atoms with Crippen molar-refractivity contribution in [3.63, 3.8) is 0 Å². The number of allylic oxidation sites excluding steroid dienone is 1. The molecule has 6 heteroatoms. The van der Waals surface area contributed by atoms with Crippen LogP contribution in [-0.2, 0) is 4.79 Å². The number of carbonyl (C=O) groups excluding carboxylic acids is 3. The minimum Gasteiger partial charge on any atom is -0.338 e. The Morgan fingerprint density at radius 1 is 0.897 bits per heavy atom. The normalized spacial score (nSPS) is 14.5. The number of rotatable bonds is 4. The Bertz CT molecular complexity index is 1110. The highest BCUT2D eigenvalue weighted by atomic mass is 16.2. The van der Waals surface area contributed by atoms with E-state index >= 15 is 0 Å². The van der Waals surface area contributed by atoms with Gasteiger partial charge in [0.25, 0.3) is 5.91 Å². The predicted molar refractivity (Wildman–Crippen MR) is 109 cm³/mol. The highest BCUT2D eigenvalue weighted by Gasteiger charge is 2.21. The Morgan fingerprint density at radius 2 is 1.55 bits per heavy atom. The lowest BCUT2D eigenvalue weighted by Gasteiger charge is -2.26. The first-order chi connectivity index (χ1) is 14.1. The molecule has 0 spiro atoms. The minimum absolute atomic E-state index is 0.113. The molecule has 1 aliphatic rings. The molecule has 0 aliphatic carbocycles. The summed E-state index contributed by atoms with van der Waals surface area (Å²) in [5.74, 6) is -0.0982. The van der Waals surface area contributed by atoms with E-state index in [2.05, 4.69) is 9.97 Å². The van der Waals surface area contributed by atoms with Crippen molar-refractivity contribution in [2.75, 3.05) is 13.1 Å². The van der Waals surface area contributed by atoms with Crippen LogP contribution in [0.5, 0.6) is 0 Å². The van der Waals surface area contributed by atoms with Crippen molar-refractivity contribution >= 4 is 34.6 Å². The van der Waals surface area contributed by atoms with Crippen LogP contribution in [0.2, 0.25) is 0 Å². The van der Waals surface area contributed by atoms with Gasteiger partial charge in [0.15, 0.2) is 5.78 Å². The van der Waals surface area contributed by atoms with Gasteiger partial charge >= 0.3 is 0 Å². The van der Waals surface area contributed by atoms with Gasteiger partial charge in [-0.05, 0) is 36.4 Å². The standard InChI is InChI=1S/C23H19N3O3/c27-19-11-13-26(14-12-19)23(29)17-7-5-16(6-8-17)22(28)10-9-18-15-24-20-3-1-2-4-21(20)25-18/h1-10,15H,11-14H2/b10-9+. The van der Waals surface area contributed by atoms with Crippen LogP contribution >= 0.6 is 0 Å². The van der Waals surface area contributed by atoms with E-state index in [-0.39, 0.29) is 17.5 Å². The molecule has 0 N–H and O–H groups in total. The molecular weight excluding hydrogens is 366 g/mol. The van der Waals surface area contributed by atoms with Crippen molar-refractivity contribution < 1.29 is 14.4 Å². The summed E-state index contributed by atoms with van der Waals surface area (Å²) >= 11 is 0. The van der Waals surface area contributed by atoms with Crippen molar-refractivity contribution in [1.82, 2.24) is 14.9 Å². The summed E-state index contributed by atoms with van der Waals surface area (Å²) in [6, 6.07) is 14.1. The number of aromatic nitrogens is 2. The second kappa shape index (κ2) is 8.14. The van der Waals surface area contributed by atoms with Crippen LogP contribution in [-0.4, -0.2) is 45.4 Å². The molecule has 1 aromatic heterocycles. The fourth-order valence-corrected chi connectivity index (χ4v) is 3.23. The molecule has 2 aromatic carbocycles. The third-order valence-electron chi connectivity index (χ3n) is 4.90. The van der Waals surface area contributed by atoms with Gasteiger partial charge in [0, 0.05) is 37.1 Å². The van der Waals surface area contributed by atoms with Crippen LogP contribution < -0.4 is 0 Å². The second-order valence-corrected chi connectivity index (χ2v) is 6.89. The van der Waals surface area contributed by atoms with Crippen LogP contribution in [0.15, 0.2) is 60.8 Å². The first-order valence-electron chi connectivity index (χ1n) is 9.45. The first kappa shape index (κ1) is 18.7. The summed E-state index contributed by atoms with van der Waals surface area (Å²) in [4.78, 5) is 46.7. The zero-order valence-corrected chi connectivity index (χ0v) is 15.7. The summed E-state index contributed by atoms with van der Waals surface area (Å²) in [5, 5.41) is 0. The van der Waals surface area contributed by atoms with Gasteiger partial charge in [0.2, 0.25) is 0 Å². The van der Waals surface area contributed by atoms with Gasteiger partial charge in [-0.2, -0.15) is 0 Å². The van der Waals surface area contributed by atoms with Gasteiger partial charge in [-0.1, -0.05) is 24.3 Å². The average molecular weight is 385 g/mol. The Kier molecular flexibility index (Phi) is 5.24. The highest BCUT2D eigenvalue weighted by Crippen LogP contribution is 2.14. The lowest BCUT2D eigenvalue weighted by Crippen LogP contribution is -2.38. The largest absolute Gasteiger partial charge is 0.338 e. The third kappa shape index (κ3) is 4.27. The number of carbonyl (C=O) groups is 3. The van der Waals surface area contributed by atoms with E-state index < -0.39 is 0 Å². The molecule has 0 saturated carbocycles. The van der Waals surface area contributed by atoms with Crippen LogP contribution in [0.1, 0.15) is 39.3 Å². The van der Waals surface area contributed by atoms with E-state index in [1.807, 2.05) is 24.3 Å². The van der Waals surface area contributed by atoms with Crippen molar-refractivity contribution in [1.29, 1.82) is 0 Å². The molecule has 1 saturated heterocycles. The van der Waals surface area contributed by atoms with Crippen molar-refractivity contribution in [2.24, 2.45) is 0 Å². The molecule has 3 aromatic rings. The maximum absolute atomic E-state index is 12.5. The van der Waals surface area contributed by atoms with Crippen LogP contribution in [0.3, 0.4) is 0 Å². The van der Waals surface area contributed by atoms with Crippen LogP contribution in [0.25, 0.3) is 17.1 Å². The summed E-state index contributed by atoms with van der Waals surface area (Å²) in [6.45, 7) is 0.905. The number of benzene rings is 2. The summed E-state index contributed by atoms with van der Waals surface area (Å²) < 4.78 is 0. The molecule has 29 heavy (non-hydrogen) atoms. The van der Waals surface area contributed by atoms with Crippen LogP contribution in [0.4, 0.5) is 0 Å². The first-order valence-corrected chi connectivity index (χ1v) is 9.45. The predicted octanol–water partition coefficient (Wildman–Crippen LogP) is 3.33. The number of hydrogen-bond acceptors (Lipinski definition) is 5. The Labute approximate surface area is 167 Å². The maximum atomic E-state index is 12.5. The third-order valence-corrected chi connectivity index (χ3v) is 4.90. The van der Waals surface area contributed by atoms with E-state index in [4.69, 9.17) is 0 Å². The van der Waals surface area contributed by atoms with Gasteiger partial charge in [-0.15, -0.1) is 0 Å². The Balaban J connectivity index is 1.44. The van der Waals surface area contributed by atoms with Crippen LogP contribution in [0, 0.1) is 0 Å². The smallest absolute Gasteiger partial charge is 0.253 e. The van der Waals surface area contributed by atoms with Crippen molar-refractivity contribution in [2.45, 2.75) is 12.8 Å². The van der Waals surface area contributed by atoms with Gasteiger partial charge in [-0.25, -0.2) is 4.98 Å². The molecule has 1 fully saturated rings. The summed E-state index contributed by atoms with van der Waals surface area (Å²) in [7, 11) is 0. The zero-order chi connectivity index (χ0) is 20.2. The minimum atomic E-state index is -0.178. The molecule has 0 atom stereocenters. The van der Waals surface area contributed by atoms with E-state index in [0.717, 1.165) is 11.0 Å². The Hall–Kier alpha value is -3.67. The molecule has 4 rings (SSSR count). The van der Waals surface area contributed by atoms with Crippen molar-refractivity contribution in [3.8, 4) is 0 Å². The number of piperidine rings is 1.